The van der Waals surface area contributed by atoms with E-state index in [4.69, 9.17) is 28.4 Å². The van der Waals surface area contributed by atoms with Gasteiger partial charge in [0.15, 0.2) is 12.4 Å². The van der Waals surface area contributed by atoms with Crippen LogP contribution < -0.4 is 5.32 Å². The lowest BCUT2D eigenvalue weighted by molar-refractivity contribution is -0.221. The van der Waals surface area contributed by atoms with Gasteiger partial charge in [-0.2, -0.15) is 0 Å². The molecule has 286 valence electrons. The van der Waals surface area contributed by atoms with Crippen molar-refractivity contribution >= 4 is 12.1 Å². The van der Waals surface area contributed by atoms with Crippen molar-refractivity contribution in [3.8, 4) is 0 Å². The summed E-state index contributed by atoms with van der Waals surface area (Å²) < 4.78 is 36.5. The lowest BCUT2D eigenvalue weighted by atomic mass is 9.84. The van der Waals surface area contributed by atoms with Crippen molar-refractivity contribution in [2.75, 3.05) is 39.9 Å². The van der Waals surface area contributed by atoms with Crippen LogP contribution in [0.2, 0.25) is 0 Å². The molecule has 10 heteroatoms. The Bertz CT molecular complexity index is 1160. The molecule has 1 N–H and O–H groups in total. The molecule has 0 aromatic rings. The van der Waals surface area contributed by atoms with E-state index in [1.165, 1.54) is 0 Å². The van der Waals surface area contributed by atoms with Crippen molar-refractivity contribution in [1.82, 2.24) is 10.2 Å². The van der Waals surface area contributed by atoms with Gasteiger partial charge < -0.3 is 38.6 Å². The Morgan fingerprint density at radius 2 is 1.88 bits per heavy atom. The van der Waals surface area contributed by atoms with E-state index < -0.39 is 24.1 Å². The third-order valence-electron chi connectivity index (χ3n) is 10.5. The zero-order valence-electron chi connectivity index (χ0n) is 32.9. The van der Waals surface area contributed by atoms with Gasteiger partial charge in [-0.15, -0.1) is 0 Å². The smallest absolute Gasteiger partial charge is 0.410 e. The zero-order valence-corrected chi connectivity index (χ0v) is 32.9. The number of ether oxygens (including phenoxy) is 6. The molecule has 0 spiro atoms. The van der Waals surface area contributed by atoms with Crippen LogP contribution in [-0.4, -0.2) is 99.3 Å². The second kappa shape index (κ2) is 19.6. The summed E-state index contributed by atoms with van der Waals surface area (Å²) in [6, 6.07) is 0. The Morgan fingerprint density at radius 3 is 2.52 bits per heavy atom. The minimum atomic E-state index is -0.885. The molecule has 1 amide bonds. The fraction of sp³-hybridized carbons (Fsp3) is 0.800. The number of rotatable bonds is 14. The second-order valence-corrected chi connectivity index (χ2v) is 15.6. The van der Waals surface area contributed by atoms with Crippen LogP contribution >= 0.6 is 0 Å². The van der Waals surface area contributed by atoms with Crippen LogP contribution in [0, 0.1) is 23.2 Å². The molecule has 0 aromatic carbocycles. The molecule has 0 aliphatic carbocycles. The molecule has 3 aliphatic rings. The molecule has 1 unspecified atom stereocenters. The maximum Gasteiger partial charge on any atom is 0.410 e. The quantitative estimate of drug-likeness (QED) is 0.0659. The van der Waals surface area contributed by atoms with Crippen LogP contribution in [0.25, 0.3) is 0 Å². The summed E-state index contributed by atoms with van der Waals surface area (Å²) in [4.78, 5) is 28.4. The summed E-state index contributed by atoms with van der Waals surface area (Å²) in [5, 5.41) is 3.29. The minimum Gasteiger partial charge on any atom is -0.457 e. The van der Waals surface area contributed by atoms with E-state index >= 15 is 0 Å². The van der Waals surface area contributed by atoms with Gasteiger partial charge in [0.05, 0.1) is 18.3 Å². The lowest BCUT2D eigenvalue weighted by Crippen LogP contribution is -2.51. The number of piperazine rings is 1. The fourth-order valence-corrected chi connectivity index (χ4v) is 7.31. The highest BCUT2D eigenvalue weighted by Crippen LogP contribution is 2.41. The summed E-state index contributed by atoms with van der Waals surface area (Å²) in [5.41, 5.74) is -0.0334. The summed E-state index contributed by atoms with van der Waals surface area (Å²) in [7, 11) is 1.78. The normalized spacial score (nSPS) is 32.7. The van der Waals surface area contributed by atoms with Gasteiger partial charge in [0.25, 0.3) is 0 Å². The molecule has 0 bridgehead atoms. The average molecular weight is 705 g/mol. The number of carbonyl (C=O) groups is 2. The summed E-state index contributed by atoms with van der Waals surface area (Å²) in [6.07, 6.45) is 12.3. The summed E-state index contributed by atoms with van der Waals surface area (Å²) in [5.74, 6) is -0.0309. The van der Waals surface area contributed by atoms with E-state index in [1.807, 2.05) is 52.8 Å². The number of nitrogens with one attached hydrogen (secondary N) is 1. The molecular weight excluding hydrogens is 636 g/mol. The molecule has 0 radical (unpaired) electrons. The van der Waals surface area contributed by atoms with Gasteiger partial charge >= 0.3 is 12.1 Å². The van der Waals surface area contributed by atoms with Gasteiger partial charge in [-0.1, -0.05) is 65.8 Å². The van der Waals surface area contributed by atoms with Gasteiger partial charge in [0, 0.05) is 58.2 Å². The lowest BCUT2D eigenvalue weighted by Gasteiger charge is -2.40. The standard InChI is InChI=1S/C40H68N2O8/c1-12-32(45-11)30(6)37-33(47-37)26-39(8,9)19-14-15-28(4)36-29(5)16-17-34(48-38(44)42-23-21-41-22-24-42)40(10,50-31(7)46-13-2)20-18-27(3)25-35(43)49-36/h14-17,19,27,29-34,36-37,41H,12-13,18,20-26H2,1-11H3/b17-16+,19-14+,28-15+/t27-,29+,30-,31?,32+,33-,34+,36-,37-,40-/m1/s1. The highest BCUT2D eigenvalue weighted by Gasteiger charge is 2.47. The molecule has 3 rings (SSSR count). The molecule has 2 fully saturated rings. The van der Waals surface area contributed by atoms with Crippen molar-refractivity contribution in [2.45, 2.75) is 144 Å². The monoisotopic (exact) mass is 704 g/mol. The number of esters is 1. The van der Waals surface area contributed by atoms with Crippen molar-refractivity contribution in [2.24, 2.45) is 23.2 Å². The van der Waals surface area contributed by atoms with Crippen LogP contribution in [-0.2, 0) is 33.2 Å². The Morgan fingerprint density at radius 1 is 1.18 bits per heavy atom. The number of allylic oxidation sites excluding steroid dienone is 3. The molecule has 0 aromatic heterocycles. The molecule has 10 nitrogen and oxygen atoms in total. The maximum absolute atomic E-state index is 13.4. The second-order valence-electron chi connectivity index (χ2n) is 15.6. The highest BCUT2D eigenvalue weighted by atomic mass is 16.7. The Balaban J connectivity index is 1.83. The van der Waals surface area contributed by atoms with E-state index in [2.05, 4.69) is 52.1 Å². The van der Waals surface area contributed by atoms with Crippen LogP contribution in [0.3, 0.4) is 0 Å². The number of hydrogen-bond donors (Lipinski definition) is 1. The SMILES string of the molecule is CCOC(C)O[C@]1(C)CC[C@@H](C)CC(=O)O[C@H](/C(C)=C/C=C/C(C)(C)C[C@H]2O[C@@H]2[C@H](C)[C@H](CC)OC)[C@@H](C)/C=C/[C@@H]1OC(=O)N1CCNCC1. The molecule has 0 saturated carbocycles. The van der Waals surface area contributed by atoms with Crippen molar-refractivity contribution in [3.05, 3.63) is 36.0 Å². The highest BCUT2D eigenvalue weighted by molar-refractivity contribution is 5.70. The third-order valence-corrected chi connectivity index (χ3v) is 10.5. The largest absolute Gasteiger partial charge is 0.457 e. The Hall–Kier alpha value is -2.24. The van der Waals surface area contributed by atoms with Gasteiger partial charge in [-0.3, -0.25) is 4.79 Å². The van der Waals surface area contributed by atoms with Crippen molar-refractivity contribution in [1.29, 1.82) is 0 Å². The predicted molar refractivity (Wildman–Crippen MR) is 197 cm³/mol. The topological polar surface area (TPSA) is 108 Å². The van der Waals surface area contributed by atoms with Crippen LogP contribution in [0.15, 0.2) is 36.0 Å². The zero-order chi connectivity index (χ0) is 37.1. The molecule has 10 atom stereocenters. The molecule has 50 heavy (non-hydrogen) atoms. The number of cyclic esters (lactones) is 1. The van der Waals surface area contributed by atoms with Crippen molar-refractivity contribution < 1.29 is 38.0 Å². The number of hydrogen-bond acceptors (Lipinski definition) is 9. The maximum atomic E-state index is 13.4. The molecule has 2 saturated heterocycles. The number of carbonyl (C=O) groups excluding carboxylic acids is 2. The molecule has 3 aliphatic heterocycles. The van der Waals surface area contributed by atoms with E-state index in [0.29, 0.717) is 38.5 Å². The Kier molecular flexibility index (Phi) is 16.5. The minimum absolute atomic E-state index is 0.0365. The van der Waals surface area contributed by atoms with Crippen LogP contribution in [0.5, 0.6) is 0 Å². The number of methoxy groups -OCH3 is 1. The van der Waals surface area contributed by atoms with Gasteiger partial charge in [-0.25, -0.2) is 4.79 Å². The first-order valence-corrected chi connectivity index (χ1v) is 19.0. The number of epoxide rings is 1. The van der Waals surface area contributed by atoms with E-state index in [0.717, 1.165) is 31.5 Å². The fourth-order valence-electron chi connectivity index (χ4n) is 7.31. The van der Waals surface area contributed by atoms with E-state index in [9.17, 15) is 9.59 Å². The number of amides is 1. The van der Waals surface area contributed by atoms with E-state index in [-0.39, 0.29) is 54.0 Å². The molecular formula is C40H68N2O8. The third kappa shape index (κ3) is 12.8. The van der Waals surface area contributed by atoms with Crippen LogP contribution in [0.1, 0.15) is 101 Å². The van der Waals surface area contributed by atoms with Gasteiger partial charge in [0.1, 0.15) is 11.7 Å². The van der Waals surface area contributed by atoms with Gasteiger partial charge in [-0.05, 0) is 76.4 Å². The summed E-state index contributed by atoms with van der Waals surface area (Å²) in [6.45, 7) is 23.8. The summed E-state index contributed by atoms with van der Waals surface area (Å²) >= 11 is 0. The van der Waals surface area contributed by atoms with E-state index in [1.54, 1.807) is 12.0 Å². The average Bonchev–Trinajstić information content (AvgIpc) is 3.82. The number of nitrogens with zero attached hydrogens (tertiary/aromatic N) is 1. The predicted octanol–water partition coefficient (Wildman–Crippen LogP) is 7.23. The first-order chi connectivity index (χ1) is 23.6. The Labute approximate surface area is 302 Å². The first-order valence-electron chi connectivity index (χ1n) is 19.0. The first kappa shape index (κ1) is 42.2. The van der Waals surface area contributed by atoms with Crippen LogP contribution in [0.4, 0.5) is 4.79 Å². The molecule has 3 heterocycles. The van der Waals surface area contributed by atoms with Crippen molar-refractivity contribution in [3.63, 3.8) is 0 Å². The van der Waals surface area contributed by atoms with Gasteiger partial charge in [0.2, 0.25) is 0 Å².